The van der Waals surface area contributed by atoms with Gasteiger partial charge in [0.2, 0.25) is 5.91 Å². The number of anilines is 1. The van der Waals surface area contributed by atoms with Crippen LogP contribution in [0.1, 0.15) is 13.8 Å². The van der Waals surface area contributed by atoms with E-state index >= 15 is 0 Å². The van der Waals surface area contributed by atoms with Crippen molar-refractivity contribution in [2.24, 2.45) is 0 Å². The maximum absolute atomic E-state index is 12.8. The molecule has 0 radical (unpaired) electrons. The number of nitrogens with one attached hydrogen (secondary N) is 1. The van der Waals surface area contributed by atoms with E-state index < -0.39 is 0 Å². The summed E-state index contributed by atoms with van der Waals surface area (Å²) in [7, 11) is 0. The molecular formula is C14H13FN2O2S2. The third-order valence-electron chi connectivity index (χ3n) is 2.73. The van der Waals surface area contributed by atoms with Crippen molar-refractivity contribution < 1.29 is 14.0 Å². The topological polar surface area (TPSA) is 49.4 Å². The summed E-state index contributed by atoms with van der Waals surface area (Å²) >= 11 is 6.32. The minimum absolute atomic E-state index is 0.154. The second-order valence-corrected chi connectivity index (χ2v) is 6.29. The highest BCUT2D eigenvalue weighted by atomic mass is 32.2. The van der Waals surface area contributed by atoms with Crippen LogP contribution in [0.2, 0.25) is 0 Å². The Hall–Kier alpha value is -1.73. The van der Waals surface area contributed by atoms with E-state index in [0.717, 1.165) is 5.57 Å². The van der Waals surface area contributed by atoms with Gasteiger partial charge in [0.05, 0.1) is 4.91 Å². The van der Waals surface area contributed by atoms with Gasteiger partial charge in [0, 0.05) is 5.69 Å². The average molecular weight is 324 g/mol. The van der Waals surface area contributed by atoms with Crippen LogP contribution in [0, 0.1) is 5.82 Å². The number of nitrogens with zero attached hydrogens (tertiary/aromatic N) is 1. The summed E-state index contributed by atoms with van der Waals surface area (Å²) in [5.41, 5.74) is 1.34. The van der Waals surface area contributed by atoms with Gasteiger partial charge in [-0.15, -0.1) is 0 Å². The second-order valence-electron chi connectivity index (χ2n) is 4.64. The molecule has 2 rings (SSSR count). The molecule has 1 aromatic rings. The minimum Gasteiger partial charge on any atom is -0.325 e. The Kier molecular flexibility index (Phi) is 4.74. The lowest BCUT2D eigenvalue weighted by molar-refractivity contribution is -0.126. The Bertz CT molecular complexity index is 637. The van der Waals surface area contributed by atoms with Crippen LogP contribution in [-0.4, -0.2) is 27.6 Å². The quantitative estimate of drug-likeness (QED) is 0.686. The Labute approximate surface area is 131 Å². The van der Waals surface area contributed by atoms with E-state index in [2.05, 4.69) is 5.32 Å². The van der Waals surface area contributed by atoms with Crippen molar-refractivity contribution in [3.05, 3.63) is 40.6 Å². The minimum atomic E-state index is -0.382. The smallest absolute Gasteiger partial charge is 0.266 e. The van der Waals surface area contributed by atoms with Gasteiger partial charge in [0.15, 0.2) is 0 Å². The van der Waals surface area contributed by atoms with E-state index in [4.69, 9.17) is 12.2 Å². The van der Waals surface area contributed by atoms with Gasteiger partial charge in [-0.2, -0.15) is 0 Å². The van der Waals surface area contributed by atoms with E-state index in [0.29, 0.717) is 14.9 Å². The van der Waals surface area contributed by atoms with Gasteiger partial charge >= 0.3 is 0 Å². The second kappa shape index (κ2) is 6.36. The number of hydrogen-bond acceptors (Lipinski definition) is 4. The highest BCUT2D eigenvalue weighted by Crippen LogP contribution is 2.32. The van der Waals surface area contributed by atoms with E-state index in [1.165, 1.54) is 40.9 Å². The van der Waals surface area contributed by atoms with Gasteiger partial charge in [-0.1, -0.05) is 29.6 Å². The number of thioether (sulfide) groups is 1. The molecule has 7 heteroatoms. The molecule has 0 atom stereocenters. The highest BCUT2D eigenvalue weighted by molar-refractivity contribution is 8.26. The fourth-order valence-corrected chi connectivity index (χ4v) is 2.95. The van der Waals surface area contributed by atoms with Crippen molar-refractivity contribution in [2.75, 3.05) is 11.9 Å². The Morgan fingerprint density at radius 3 is 2.48 bits per heavy atom. The normalized spacial score (nSPS) is 14.6. The summed E-state index contributed by atoms with van der Waals surface area (Å²) in [6.07, 6.45) is 0. The van der Waals surface area contributed by atoms with Crippen LogP contribution in [0.5, 0.6) is 0 Å². The molecule has 0 aliphatic carbocycles. The van der Waals surface area contributed by atoms with Crippen LogP contribution >= 0.6 is 24.0 Å². The van der Waals surface area contributed by atoms with E-state index in [-0.39, 0.29) is 24.2 Å². The van der Waals surface area contributed by atoms with Crippen LogP contribution < -0.4 is 5.32 Å². The molecular weight excluding hydrogens is 311 g/mol. The van der Waals surface area contributed by atoms with Crippen molar-refractivity contribution >= 4 is 45.8 Å². The van der Waals surface area contributed by atoms with Crippen LogP contribution in [0.3, 0.4) is 0 Å². The monoisotopic (exact) mass is 324 g/mol. The van der Waals surface area contributed by atoms with Crippen molar-refractivity contribution in [2.45, 2.75) is 13.8 Å². The number of allylic oxidation sites excluding steroid dienone is 1. The molecule has 0 unspecified atom stereocenters. The molecule has 1 saturated heterocycles. The number of thiocarbonyl (C=S) groups is 1. The fraction of sp³-hybridized carbons (Fsp3) is 0.214. The lowest BCUT2D eigenvalue weighted by atomic mass is 10.3. The van der Waals surface area contributed by atoms with Crippen molar-refractivity contribution in [3.8, 4) is 0 Å². The number of hydrogen-bond donors (Lipinski definition) is 1. The molecule has 1 aromatic carbocycles. The summed E-state index contributed by atoms with van der Waals surface area (Å²) in [6, 6.07) is 5.40. The molecule has 0 aromatic heterocycles. The van der Waals surface area contributed by atoms with Crippen LogP contribution in [0.15, 0.2) is 34.7 Å². The largest absolute Gasteiger partial charge is 0.325 e. The van der Waals surface area contributed by atoms with Gasteiger partial charge in [0.1, 0.15) is 16.7 Å². The van der Waals surface area contributed by atoms with Crippen molar-refractivity contribution in [3.63, 3.8) is 0 Å². The first-order valence-corrected chi connectivity index (χ1v) is 7.37. The predicted octanol–water partition coefficient (Wildman–Crippen LogP) is 2.92. The first-order valence-electron chi connectivity index (χ1n) is 6.15. The number of amides is 2. The highest BCUT2D eigenvalue weighted by Gasteiger charge is 2.33. The predicted molar refractivity (Wildman–Crippen MR) is 85.3 cm³/mol. The summed E-state index contributed by atoms with van der Waals surface area (Å²) < 4.78 is 13.1. The van der Waals surface area contributed by atoms with Crippen molar-refractivity contribution in [1.29, 1.82) is 0 Å². The standard InChI is InChI=1S/C14H13FN2O2S2/c1-8(2)12-13(19)17(14(20)21-12)7-11(18)16-10-5-3-9(15)4-6-10/h3-6H,7H2,1-2H3,(H,16,18). The van der Waals surface area contributed by atoms with Crippen LogP contribution in [0.25, 0.3) is 0 Å². The average Bonchev–Trinajstić information content (AvgIpc) is 2.69. The van der Waals surface area contributed by atoms with Crippen LogP contribution in [-0.2, 0) is 9.59 Å². The maximum atomic E-state index is 12.8. The lowest BCUT2D eigenvalue weighted by Crippen LogP contribution is -2.36. The van der Waals surface area contributed by atoms with Gasteiger partial charge in [0.25, 0.3) is 5.91 Å². The molecule has 4 nitrogen and oxygen atoms in total. The SMILES string of the molecule is CC(C)=C1SC(=S)N(CC(=O)Nc2ccc(F)cc2)C1=O. The zero-order valence-electron chi connectivity index (χ0n) is 11.5. The third-order valence-corrected chi connectivity index (χ3v) is 4.39. The third kappa shape index (κ3) is 3.68. The lowest BCUT2D eigenvalue weighted by Gasteiger charge is -2.14. The Morgan fingerprint density at radius 2 is 1.95 bits per heavy atom. The van der Waals surface area contributed by atoms with Gasteiger partial charge < -0.3 is 5.32 Å². The molecule has 1 heterocycles. The number of carbonyl (C=O) groups is 2. The molecule has 2 amide bonds. The molecule has 0 bridgehead atoms. The first-order chi connectivity index (χ1) is 9.88. The summed E-state index contributed by atoms with van der Waals surface area (Å²) in [4.78, 5) is 25.9. The van der Waals surface area contributed by atoms with E-state index in [9.17, 15) is 14.0 Å². The Morgan fingerprint density at radius 1 is 1.33 bits per heavy atom. The number of benzene rings is 1. The molecule has 1 N–H and O–H groups in total. The molecule has 1 fully saturated rings. The first kappa shape index (κ1) is 15.7. The number of carbonyl (C=O) groups excluding carboxylic acids is 2. The van der Waals surface area contributed by atoms with E-state index in [1.807, 2.05) is 13.8 Å². The molecule has 21 heavy (non-hydrogen) atoms. The molecule has 110 valence electrons. The van der Waals surface area contributed by atoms with Gasteiger partial charge in [-0.05, 0) is 38.1 Å². The molecule has 0 spiro atoms. The van der Waals surface area contributed by atoms with E-state index in [1.54, 1.807) is 0 Å². The summed E-state index contributed by atoms with van der Waals surface area (Å²) in [6.45, 7) is 3.49. The van der Waals surface area contributed by atoms with Crippen LogP contribution in [0.4, 0.5) is 10.1 Å². The summed E-state index contributed by atoms with van der Waals surface area (Å²) in [5, 5.41) is 2.60. The zero-order chi connectivity index (χ0) is 15.6. The van der Waals surface area contributed by atoms with Gasteiger partial charge in [-0.3, -0.25) is 14.5 Å². The number of halogens is 1. The molecule has 0 saturated carbocycles. The maximum Gasteiger partial charge on any atom is 0.266 e. The molecule has 1 aliphatic heterocycles. The number of rotatable bonds is 3. The van der Waals surface area contributed by atoms with Gasteiger partial charge in [-0.25, -0.2) is 4.39 Å². The zero-order valence-corrected chi connectivity index (χ0v) is 13.1. The fourth-order valence-electron chi connectivity index (χ4n) is 1.72. The summed E-state index contributed by atoms with van der Waals surface area (Å²) in [5.74, 6) is -1.01. The Balaban J connectivity index is 2.03. The molecule has 1 aliphatic rings. The van der Waals surface area contributed by atoms with Crippen molar-refractivity contribution in [1.82, 2.24) is 4.90 Å².